The molecule has 0 unspecified atom stereocenters. The molecule has 0 spiro atoms. The van der Waals surface area contributed by atoms with E-state index in [1.165, 1.54) is 18.4 Å². The average Bonchev–Trinajstić information content (AvgIpc) is 3.05. The molecule has 2 N–H and O–H groups in total. The first-order valence-corrected chi connectivity index (χ1v) is 9.11. The van der Waals surface area contributed by atoms with Crippen LogP contribution in [0.15, 0.2) is 59.1 Å². The highest BCUT2D eigenvalue weighted by Crippen LogP contribution is 2.27. The number of rotatable bonds is 5. The van der Waals surface area contributed by atoms with Gasteiger partial charge in [-0.3, -0.25) is 4.98 Å². The minimum atomic E-state index is -3.42. The van der Waals surface area contributed by atoms with Gasteiger partial charge in [0.15, 0.2) is 5.13 Å². The molecule has 0 saturated carbocycles. The molecule has 0 saturated heterocycles. The van der Waals surface area contributed by atoms with E-state index in [-0.39, 0.29) is 4.90 Å². The molecule has 23 heavy (non-hydrogen) atoms. The smallest absolute Gasteiger partial charge is 0.240 e. The number of benzene rings is 1. The summed E-state index contributed by atoms with van der Waals surface area (Å²) in [6.45, 7) is 0. The summed E-state index contributed by atoms with van der Waals surface area (Å²) in [7, 11) is -2.03. The number of thiazole rings is 1. The van der Waals surface area contributed by atoms with Crippen LogP contribution in [0.2, 0.25) is 0 Å². The van der Waals surface area contributed by atoms with Gasteiger partial charge < -0.3 is 5.32 Å². The van der Waals surface area contributed by atoms with Gasteiger partial charge in [0.05, 0.1) is 10.6 Å². The van der Waals surface area contributed by atoms with Gasteiger partial charge >= 0.3 is 0 Å². The van der Waals surface area contributed by atoms with E-state index in [4.69, 9.17) is 0 Å². The zero-order valence-electron chi connectivity index (χ0n) is 12.2. The first kappa shape index (κ1) is 15.6. The molecule has 118 valence electrons. The van der Waals surface area contributed by atoms with Gasteiger partial charge in [-0.2, -0.15) is 0 Å². The van der Waals surface area contributed by atoms with Crippen LogP contribution in [0.4, 0.5) is 10.8 Å². The Labute approximate surface area is 138 Å². The highest BCUT2D eigenvalue weighted by Gasteiger charge is 2.11. The predicted molar refractivity (Wildman–Crippen MR) is 91.3 cm³/mol. The van der Waals surface area contributed by atoms with Gasteiger partial charge in [0.1, 0.15) is 0 Å². The number of aromatic nitrogens is 2. The maximum Gasteiger partial charge on any atom is 0.240 e. The quantitative estimate of drug-likeness (QED) is 0.742. The minimum Gasteiger partial charge on any atom is -0.332 e. The molecule has 2 heterocycles. The third-order valence-corrected chi connectivity index (χ3v) is 5.33. The highest BCUT2D eigenvalue weighted by atomic mass is 32.2. The monoisotopic (exact) mass is 346 g/mol. The van der Waals surface area contributed by atoms with Crippen LogP contribution in [-0.2, 0) is 10.0 Å². The van der Waals surface area contributed by atoms with Crippen molar-refractivity contribution in [3.8, 4) is 11.3 Å². The Balaban J connectivity index is 1.77. The minimum absolute atomic E-state index is 0.223. The van der Waals surface area contributed by atoms with Crippen LogP contribution in [0.3, 0.4) is 0 Å². The lowest BCUT2D eigenvalue weighted by atomic mass is 10.2. The Morgan fingerprint density at radius 2 is 1.91 bits per heavy atom. The van der Waals surface area contributed by atoms with E-state index < -0.39 is 10.0 Å². The van der Waals surface area contributed by atoms with E-state index >= 15 is 0 Å². The molecular weight excluding hydrogens is 332 g/mol. The van der Waals surface area contributed by atoms with Crippen LogP contribution < -0.4 is 10.0 Å². The maximum atomic E-state index is 11.7. The zero-order chi connectivity index (χ0) is 16.3. The van der Waals surface area contributed by atoms with E-state index in [0.29, 0.717) is 0 Å². The maximum absolute atomic E-state index is 11.7. The van der Waals surface area contributed by atoms with E-state index in [2.05, 4.69) is 20.0 Å². The molecule has 3 aromatic rings. The molecule has 3 rings (SSSR count). The number of hydrogen-bond acceptors (Lipinski definition) is 6. The Bertz CT molecular complexity index is 891. The Kier molecular flexibility index (Phi) is 4.37. The summed E-state index contributed by atoms with van der Waals surface area (Å²) in [6, 6.07) is 10.3. The van der Waals surface area contributed by atoms with Gasteiger partial charge in [0.25, 0.3) is 0 Å². The van der Waals surface area contributed by atoms with Crippen molar-refractivity contribution in [2.45, 2.75) is 4.90 Å². The van der Waals surface area contributed by atoms with E-state index in [0.717, 1.165) is 22.1 Å². The summed E-state index contributed by atoms with van der Waals surface area (Å²) in [6.07, 6.45) is 3.48. The molecule has 0 aliphatic heterocycles. The molecule has 0 aliphatic rings. The van der Waals surface area contributed by atoms with E-state index in [1.807, 2.05) is 17.5 Å². The zero-order valence-corrected chi connectivity index (χ0v) is 13.9. The third kappa shape index (κ3) is 3.55. The molecule has 0 radical (unpaired) electrons. The number of nitrogens with zero attached hydrogens (tertiary/aromatic N) is 2. The van der Waals surface area contributed by atoms with Crippen molar-refractivity contribution in [2.24, 2.45) is 0 Å². The summed E-state index contributed by atoms with van der Waals surface area (Å²) in [5, 5.41) is 5.84. The lowest BCUT2D eigenvalue weighted by molar-refractivity contribution is 0.588. The number of sulfonamides is 1. The van der Waals surface area contributed by atoms with Crippen LogP contribution in [0.1, 0.15) is 0 Å². The van der Waals surface area contributed by atoms with Gasteiger partial charge in [-0.15, -0.1) is 11.3 Å². The SMILES string of the molecule is CNS(=O)(=O)c1ccc(Nc2nc(-c3cccnc3)cs2)cc1. The topological polar surface area (TPSA) is 84.0 Å². The van der Waals surface area contributed by atoms with Crippen molar-refractivity contribution in [2.75, 3.05) is 12.4 Å². The van der Waals surface area contributed by atoms with Gasteiger partial charge in [-0.05, 0) is 43.4 Å². The lowest BCUT2D eigenvalue weighted by Crippen LogP contribution is -2.18. The lowest BCUT2D eigenvalue weighted by Gasteiger charge is -2.05. The summed E-state index contributed by atoms with van der Waals surface area (Å²) in [5.41, 5.74) is 2.57. The Morgan fingerprint density at radius 1 is 1.13 bits per heavy atom. The number of hydrogen-bond donors (Lipinski definition) is 2. The number of pyridine rings is 1. The van der Waals surface area contributed by atoms with Crippen LogP contribution in [0.5, 0.6) is 0 Å². The first-order chi connectivity index (χ1) is 11.1. The number of nitrogens with one attached hydrogen (secondary N) is 2. The van der Waals surface area contributed by atoms with Crippen molar-refractivity contribution in [3.63, 3.8) is 0 Å². The molecule has 1 aromatic carbocycles. The van der Waals surface area contributed by atoms with E-state index in [9.17, 15) is 8.42 Å². The first-order valence-electron chi connectivity index (χ1n) is 6.75. The molecular formula is C15H14N4O2S2. The van der Waals surface area contributed by atoms with Crippen molar-refractivity contribution < 1.29 is 8.42 Å². The standard InChI is InChI=1S/C15H14N4O2S2/c1-16-23(20,21)13-6-4-12(5-7-13)18-15-19-14(10-22-15)11-3-2-8-17-9-11/h2-10,16H,1H3,(H,18,19). The molecule has 0 atom stereocenters. The molecule has 6 nitrogen and oxygen atoms in total. The van der Waals surface area contributed by atoms with E-state index in [1.54, 1.807) is 36.7 Å². The summed E-state index contributed by atoms with van der Waals surface area (Å²) >= 11 is 1.47. The molecule has 8 heteroatoms. The van der Waals surface area contributed by atoms with Crippen LogP contribution >= 0.6 is 11.3 Å². The molecule has 0 bridgehead atoms. The average molecular weight is 346 g/mol. The molecule has 2 aromatic heterocycles. The second-order valence-corrected chi connectivity index (χ2v) is 7.38. The fourth-order valence-electron chi connectivity index (χ4n) is 1.94. The van der Waals surface area contributed by atoms with Crippen molar-refractivity contribution in [1.29, 1.82) is 0 Å². The van der Waals surface area contributed by atoms with Crippen LogP contribution in [0, 0.1) is 0 Å². The second kappa shape index (κ2) is 6.45. The predicted octanol–water partition coefficient (Wildman–Crippen LogP) is 2.86. The summed E-state index contributed by atoms with van der Waals surface area (Å²) in [4.78, 5) is 8.80. The fourth-order valence-corrected chi connectivity index (χ4v) is 3.41. The molecule has 0 fully saturated rings. The summed E-state index contributed by atoms with van der Waals surface area (Å²) < 4.78 is 25.6. The second-order valence-electron chi connectivity index (χ2n) is 4.64. The van der Waals surface area contributed by atoms with Gasteiger partial charge in [0.2, 0.25) is 10.0 Å². The Morgan fingerprint density at radius 3 is 2.57 bits per heavy atom. The van der Waals surface area contributed by atoms with Gasteiger partial charge in [-0.1, -0.05) is 0 Å². The van der Waals surface area contributed by atoms with Gasteiger partial charge in [-0.25, -0.2) is 18.1 Å². The van der Waals surface area contributed by atoms with Crippen LogP contribution in [0.25, 0.3) is 11.3 Å². The van der Waals surface area contributed by atoms with Crippen LogP contribution in [-0.4, -0.2) is 25.4 Å². The largest absolute Gasteiger partial charge is 0.332 e. The van der Waals surface area contributed by atoms with Crippen molar-refractivity contribution in [3.05, 3.63) is 54.2 Å². The fraction of sp³-hybridized carbons (Fsp3) is 0.0667. The highest BCUT2D eigenvalue weighted by molar-refractivity contribution is 7.89. The normalized spacial score (nSPS) is 11.3. The molecule has 0 amide bonds. The third-order valence-electron chi connectivity index (χ3n) is 3.15. The molecule has 0 aliphatic carbocycles. The number of anilines is 2. The van der Waals surface area contributed by atoms with Crippen molar-refractivity contribution in [1.82, 2.24) is 14.7 Å². The Hall–Kier alpha value is -2.29. The summed E-state index contributed by atoms with van der Waals surface area (Å²) in [5.74, 6) is 0. The van der Waals surface area contributed by atoms with Crippen molar-refractivity contribution >= 4 is 32.2 Å². The van der Waals surface area contributed by atoms with Gasteiger partial charge in [0, 0.05) is 29.0 Å².